The Morgan fingerprint density at radius 1 is 1.06 bits per heavy atom. The fourth-order valence-corrected chi connectivity index (χ4v) is 3.07. The first-order valence-corrected chi connectivity index (χ1v) is 10.0. The van der Waals surface area contributed by atoms with Gasteiger partial charge >= 0.3 is 0 Å². The number of ether oxygens (including phenoxy) is 2. The number of amides is 2. The number of aromatic nitrogens is 2. The molecule has 0 spiro atoms. The molecule has 0 atom stereocenters. The van der Waals surface area contributed by atoms with Crippen LogP contribution in [0.3, 0.4) is 0 Å². The van der Waals surface area contributed by atoms with Crippen LogP contribution in [0.15, 0.2) is 69.8 Å². The lowest BCUT2D eigenvalue weighted by Crippen LogP contribution is -2.26. The molecule has 4 aromatic rings. The zero-order chi connectivity index (χ0) is 23.2. The normalized spacial score (nSPS) is 10.6. The van der Waals surface area contributed by atoms with Crippen molar-refractivity contribution in [3.8, 4) is 11.5 Å². The minimum Gasteiger partial charge on any atom is -0.497 e. The van der Waals surface area contributed by atoms with Crippen molar-refractivity contribution in [2.45, 2.75) is 13.2 Å². The summed E-state index contributed by atoms with van der Waals surface area (Å²) in [6, 6.07) is 13.8. The van der Waals surface area contributed by atoms with Gasteiger partial charge in [-0.05, 0) is 36.4 Å². The molecule has 0 unspecified atom stereocenters. The lowest BCUT2D eigenvalue weighted by Gasteiger charge is -2.08. The van der Waals surface area contributed by atoms with Crippen molar-refractivity contribution in [3.63, 3.8) is 0 Å². The van der Waals surface area contributed by atoms with Crippen LogP contribution in [-0.2, 0) is 20.2 Å². The molecule has 0 aliphatic carbocycles. The molecule has 2 amide bonds. The third kappa shape index (κ3) is 5.24. The maximum atomic E-state index is 12.7. The average molecular weight is 450 g/mol. The molecule has 10 heteroatoms. The minimum absolute atomic E-state index is 0.0741. The van der Waals surface area contributed by atoms with Crippen LogP contribution in [0.1, 0.15) is 32.6 Å². The summed E-state index contributed by atoms with van der Waals surface area (Å²) in [5, 5.41) is 9.47. The highest BCUT2D eigenvalue weighted by Crippen LogP contribution is 2.21. The number of carbonyl (C=O) groups is 2. The van der Waals surface area contributed by atoms with E-state index >= 15 is 0 Å². The van der Waals surface area contributed by atoms with E-state index in [4.69, 9.17) is 18.3 Å². The maximum Gasteiger partial charge on any atom is 0.291 e. The third-order valence-corrected chi connectivity index (χ3v) is 4.71. The standard InChI is InChI=1S/C23H22N4O6/c1-27-21(23(29)24-12-17-7-4-10-31-17)19(13-25-27)26-22(28)20-9-8-18(33-20)14-32-16-6-3-5-15(11-16)30-2/h3-11,13H,12,14H2,1-2H3,(H,24,29)(H,26,28). The van der Waals surface area contributed by atoms with Crippen molar-refractivity contribution < 1.29 is 27.9 Å². The molecular formula is C23H22N4O6. The maximum absolute atomic E-state index is 12.7. The van der Waals surface area contributed by atoms with Gasteiger partial charge in [0.2, 0.25) is 0 Å². The lowest BCUT2D eigenvalue weighted by molar-refractivity contribution is 0.0939. The molecule has 33 heavy (non-hydrogen) atoms. The molecule has 170 valence electrons. The molecule has 10 nitrogen and oxygen atoms in total. The van der Waals surface area contributed by atoms with Gasteiger partial charge in [-0.1, -0.05) is 6.07 Å². The molecule has 3 aromatic heterocycles. The van der Waals surface area contributed by atoms with Gasteiger partial charge in [0.05, 0.1) is 31.8 Å². The van der Waals surface area contributed by atoms with E-state index in [9.17, 15) is 9.59 Å². The summed E-state index contributed by atoms with van der Waals surface area (Å²) in [5.41, 5.74) is 0.452. The molecule has 1 aromatic carbocycles. The Balaban J connectivity index is 1.37. The van der Waals surface area contributed by atoms with Gasteiger partial charge in [0.15, 0.2) is 5.76 Å². The predicted molar refractivity (Wildman–Crippen MR) is 117 cm³/mol. The number of hydrogen-bond acceptors (Lipinski definition) is 7. The van der Waals surface area contributed by atoms with Gasteiger partial charge in [-0.15, -0.1) is 0 Å². The van der Waals surface area contributed by atoms with Gasteiger partial charge < -0.3 is 28.9 Å². The summed E-state index contributed by atoms with van der Waals surface area (Å²) in [6.45, 7) is 0.340. The molecular weight excluding hydrogens is 428 g/mol. The first-order valence-electron chi connectivity index (χ1n) is 10.0. The fraction of sp³-hybridized carbons (Fsp3) is 0.174. The highest BCUT2D eigenvalue weighted by Gasteiger charge is 2.21. The summed E-state index contributed by atoms with van der Waals surface area (Å²) in [6.07, 6.45) is 2.92. The molecule has 0 saturated heterocycles. The largest absolute Gasteiger partial charge is 0.497 e. The van der Waals surface area contributed by atoms with Crippen LogP contribution in [0.4, 0.5) is 5.69 Å². The summed E-state index contributed by atoms with van der Waals surface area (Å²) in [4.78, 5) is 25.3. The van der Waals surface area contributed by atoms with Gasteiger partial charge in [-0.2, -0.15) is 5.10 Å². The minimum atomic E-state index is -0.518. The zero-order valence-corrected chi connectivity index (χ0v) is 18.0. The first-order chi connectivity index (χ1) is 16.0. The molecule has 0 fully saturated rings. The van der Waals surface area contributed by atoms with Crippen molar-refractivity contribution in [2.75, 3.05) is 12.4 Å². The number of nitrogens with zero attached hydrogens (tertiary/aromatic N) is 2. The quantitative estimate of drug-likeness (QED) is 0.401. The van der Waals surface area contributed by atoms with Crippen LogP contribution in [0, 0.1) is 0 Å². The van der Waals surface area contributed by atoms with Crippen molar-refractivity contribution in [3.05, 3.63) is 84.0 Å². The number of aryl methyl sites for hydroxylation is 1. The van der Waals surface area contributed by atoms with Crippen molar-refractivity contribution in [1.29, 1.82) is 0 Å². The average Bonchev–Trinajstić information content (AvgIpc) is 3.58. The molecule has 0 radical (unpaired) electrons. The van der Waals surface area contributed by atoms with Gasteiger partial charge in [0.25, 0.3) is 11.8 Å². The van der Waals surface area contributed by atoms with Crippen LogP contribution in [0.2, 0.25) is 0 Å². The second-order valence-electron chi connectivity index (χ2n) is 6.98. The van der Waals surface area contributed by atoms with E-state index in [1.807, 2.05) is 12.1 Å². The summed E-state index contributed by atoms with van der Waals surface area (Å²) in [7, 11) is 3.19. The van der Waals surface area contributed by atoms with Crippen LogP contribution < -0.4 is 20.1 Å². The van der Waals surface area contributed by atoms with E-state index < -0.39 is 11.8 Å². The number of rotatable bonds is 9. The number of methoxy groups -OCH3 is 1. The number of nitrogens with one attached hydrogen (secondary N) is 2. The predicted octanol–water partition coefficient (Wildman–Crippen LogP) is 3.38. The fourth-order valence-electron chi connectivity index (χ4n) is 3.07. The second kappa shape index (κ2) is 9.77. The molecule has 4 rings (SSSR count). The number of benzene rings is 1. The van der Waals surface area contributed by atoms with Crippen LogP contribution in [0.25, 0.3) is 0 Å². The Labute approximate surface area is 189 Å². The second-order valence-corrected chi connectivity index (χ2v) is 6.98. The Bertz CT molecular complexity index is 1240. The molecule has 3 heterocycles. The van der Waals surface area contributed by atoms with E-state index in [2.05, 4.69) is 15.7 Å². The summed E-state index contributed by atoms with van der Waals surface area (Å²) in [5.74, 6) is 1.50. The smallest absolute Gasteiger partial charge is 0.291 e. The molecule has 0 aliphatic rings. The van der Waals surface area contributed by atoms with E-state index in [1.165, 1.54) is 23.2 Å². The van der Waals surface area contributed by atoms with Gasteiger partial charge in [0, 0.05) is 13.1 Å². The number of carbonyl (C=O) groups excluding carboxylic acids is 2. The first kappa shape index (κ1) is 21.8. The van der Waals surface area contributed by atoms with Crippen molar-refractivity contribution in [2.24, 2.45) is 7.05 Å². The topological polar surface area (TPSA) is 121 Å². The Hall–Kier alpha value is -4.47. The molecule has 0 bridgehead atoms. The summed E-state index contributed by atoms with van der Waals surface area (Å²) < 4.78 is 23.0. The van der Waals surface area contributed by atoms with E-state index in [-0.39, 0.29) is 30.3 Å². The van der Waals surface area contributed by atoms with Gasteiger partial charge in [-0.3, -0.25) is 14.3 Å². The van der Waals surface area contributed by atoms with Crippen LogP contribution in [0.5, 0.6) is 11.5 Å². The van der Waals surface area contributed by atoms with Crippen molar-refractivity contribution >= 4 is 17.5 Å². The third-order valence-electron chi connectivity index (χ3n) is 4.71. The van der Waals surface area contributed by atoms with E-state index in [1.54, 1.807) is 44.5 Å². The monoisotopic (exact) mass is 450 g/mol. The molecule has 0 saturated carbocycles. The Kier molecular flexibility index (Phi) is 6.44. The molecule has 2 N–H and O–H groups in total. The Morgan fingerprint density at radius 2 is 1.91 bits per heavy atom. The zero-order valence-electron chi connectivity index (χ0n) is 18.0. The van der Waals surface area contributed by atoms with E-state index in [0.29, 0.717) is 23.0 Å². The van der Waals surface area contributed by atoms with Crippen LogP contribution in [-0.4, -0.2) is 28.7 Å². The van der Waals surface area contributed by atoms with Crippen molar-refractivity contribution in [1.82, 2.24) is 15.1 Å². The Morgan fingerprint density at radius 3 is 2.70 bits per heavy atom. The number of anilines is 1. The summed E-state index contributed by atoms with van der Waals surface area (Å²) >= 11 is 0. The van der Waals surface area contributed by atoms with Gasteiger partial charge in [0.1, 0.15) is 35.3 Å². The highest BCUT2D eigenvalue weighted by molar-refractivity contribution is 6.07. The lowest BCUT2D eigenvalue weighted by atomic mass is 10.3. The SMILES string of the molecule is COc1cccc(OCc2ccc(C(=O)Nc3cnn(C)c3C(=O)NCc3ccco3)o2)c1. The van der Waals surface area contributed by atoms with Crippen LogP contribution >= 0.6 is 0 Å². The number of hydrogen-bond donors (Lipinski definition) is 2. The molecule has 0 aliphatic heterocycles. The van der Waals surface area contributed by atoms with E-state index in [0.717, 1.165) is 0 Å². The number of furan rings is 2. The highest BCUT2D eigenvalue weighted by atomic mass is 16.5. The van der Waals surface area contributed by atoms with Gasteiger partial charge in [-0.25, -0.2) is 0 Å².